The van der Waals surface area contributed by atoms with Crippen molar-refractivity contribution in [3.8, 4) is 0 Å². The Morgan fingerprint density at radius 2 is 1.95 bits per heavy atom. The fourth-order valence-corrected chi connectivity index (χ4v) is 1.95. The number of aromatic nitrogens is 1. The van der Waals surface area contributed by atoms with Crippen LogP contribution in [0.2, 0.25) is 10.2 Å². The summed E-state index contributed by atoms with van der Waals surface area (Å²) in [4.78, 5) is 27.4. The Hall–Kier alpha value is -2.11. The highest BCUT2D eigenvalue weighted by molar-refractivity contribution is 6.35. The number of pyridine rings is 1. The minimum Gasteiger partial charge on any atom is -0.465 e. The first-order valence-corrected chi connectivity index (χ1v) is 6.58. The van der Waals surface area contributed by atoms with Gasteiger partial charge in [-0.15, -0.1) is 0 Å². The zero-order chi connectivity index (χ0) is 15.4. The normalized spacial score (nSPS) is 10.0. The Bertz CT molecular complexity index is 704. The van der Waals surface area contributed by atoms with Crippen LogP contribution in [0, 0.1) is 0 Å². The van der Waals surface area contributed by atoms with Crippen LogP contribution in [0.1, 0.15) is 20.8 Å². The number of ether oxygens (including phenoxy) is 1. The largest absolute Gasteiger partial charge is 0.465 e. The molecule has 0 aliphatic heterocycles. The number of amides is 1. The molecule has 0 unspecified atom stereocenters. The number of halogens is 2. The molecule has 2 aromatic rings. The molecule has 0 atom stereocenters. The molecule has 0 aliphatic rings. The fraction of sp³-hybridized carbons (Fsp3) is 0.0714. The summed E-state index contributed by atoms with van der Waals surface area (Å²) in [7, 11) is 1.28. The predicted octanol–water partition coefficient (Wildman–Crippen LogP) is 3.43. The lowest BCUT2D eigenvalue weighted by atomic mass is 10.2. The topological polar surface area (TPSA) is 68.3 Å². The van der Waals surface area contributed by atoms with E-state index in [9.17, 15) is 9.59 Å². The molecule has 2 rings (SSSR count). The van der Waals surface area contributed by atoms with Gasteiger partial charge in [-0.1, -0.05) is 29.3 Å². The van der Waals surface area contributed by atoms with Crippen LogP contribution in [0.4, 0.5) is 5.69 Å². The van der Waals surface area contributed by atoms with Gasteiger partial charge in [-0.2, -0.15) is 0 Å². The number of benzene rings is 1. The Balaban J connectivity index is 2.23. The van der Waals surface area contributed by atoms with Crippen molar-refractivity contribution in [2.75, 3.05) is 12.4 Å². The van der Waals surface area contributed by atoms with Gasteiger partial charge in [0.2, 0.25) is 0 Å². The maximum absolute atomic E-state index is 12.1. The van der Waals surface area contributed by atoms with Gasteiger partial charge >= 0.3 is 5.97 Å². The molecule has 0 saturated carbocycles. The Morgan fingerprint density at radius 1 is 1.19 bits per heavy atom. The average Bonchev–Trinajstić information content (AvgIpc) is 2.49. The molecule has 1 aromatic heterocycles. The van der Waals surface area contributed by atoms with Gasteiger partial charge in [-0.25, -0.2) is 9.78 Å². The number of hydrogen-bond acceptors (Lipinski definition) is 4. The van der Waals surface area contributed by atoms with E-state index in [-0.39, 0.29) is 15.9 Å². The summed E-state index contributed by atoms with van der Waals surface area (Å²) >= 11 is 11.6. The van der Waals surface area contributed by atoms with E-state index < -0.39 is 11.9 Å². The standard InChI is InChI=1S/C14H10Cl2N2O3/c1-21-14(20)8-3-2-4-9(7-8)17-13(19)12-10(15)5-6-11(16)18-12/h2-7H,1H3,(H,17,19). The van der Waals surface area contributed by atoms with Crippen molar-refractivity contribution in [3.63, 3.8) is 0 Å². The van der Waals surface area contributed by atoms with Crippen LogP contribution in [0.3, 0.4) is 0 Å². The average molecular weight is 325 g/mol. The highest BCUT2D eigenvalue weighted by Crippen LogP contribution is 2.19. The van der Waals surface area contributed by atoms with Gasteiger partial charge in [0.25, 0.3) is 5.91 Å². The van der Waals surface area contributed by atoms with E-state index in [0.29, 0.717) is 11.3 Å². The van der Waals surface area contributed by atoms with Crippen LogP contribution in [-0.4, -0.2) is 24.0 Å². The van der Waals surface area contributed by atoms with Gasteiger partial charge in [0.1, 0.15) is 10.8 Å². The molecule has 0 aliphatic carbocycles. The van der Waals surface area contributed by atoms with Crippen LogP contribution >= 0.6 is 23.2 Å². The molecule has 1 heterocycles. The number of carbonyl (C=O) groups excluding carboxylic acids is 2. The zero-order valence-electron chi connectivity index (χ0n) is 10.9. The van der Waals surface area contributed by atoms with Crippen LogP contribution in [0.25, 0.3) is 0 Å². The lowest BCUT2D eigenvalue weighted by Crippen LogP contribution is -2.15. The lowest BCUT2D eigenvalue weighted by molar-refractivity contribution is 0.0600. The van der Waals surface area contributed by atoms with Gasteiger partial charge in [-0.3, -0.25) is 4.79 Å². The zero-order valence-corrected chi connectivity index (χ0v) is 12.4. The van der Waals surface area contributed by atoms with Crippen molar-refractivity contribution in [2.24, 2.45) is 0 Å². The van der Waals surface area contributed by atoms with E-state index in [0.717, 1.165) is 0 Å². The summed E-state index contributed by atoms with van der Waals surface area (Å²) in [5, 5.41) is 2.93. The number of nitrogens with zero attached hydrogens (tertiary/aromatic N) is 1. The number of esters is 1. The van der Waals surface area contributed by atoms with Gasteiger partial charge in [0.15, 0.2) is 0 Å². The highest BCUT2D eigenvalue weighted by atomic mass is 35.5. The van der Waals surface area contributed by atoms with Crippen LogP contribution in [-0.2, 0) is 4.74 Å². The predicted molar refractivity (Wildman–Crippen MR) is 80.0 cm³/mol. The number of rotatable bonds is 3. The maximum atomic E-state index is 12.1. The van der Waals surface area contributed by atoms with Crippen molar-refractivity contribution < 1.29 is 14.3 Å². The van der Waals surface area contributed by atoms with Gasteiger partial charge in [-0.05, 0) is 30.3 Å². The van der Waals surface area contributed by atoms with Crippen molar-refractivity contribution in [3.05, 3.63) is 57.8 Å². The molecular weight excluding hydrogens is 315 g/mol. The van der Waals surface area contributed by atoms with E-state index >= 15 is 0 Å². The summed E-state index contributed by atoms with van der Waals surface area (Å²) < 4.78 is 4.61. The SMILES string of the molecule is COC(=O)c1cccc(NC(=O)c2nc(Cl)ccc2Cl)c1. The van der Waals surface area contributed by atoms with Crippen molar-refractivity contribution in [1.82, 2.24) is 4.98 Å². The summed E-state index contributed by atoms with van der Waals surface area (Å²) in [5.74, 6) is -1.02. The minimum absolute atomic E-state index is 0.00707. The van der Waals surface area contributed by atoms with E-state index in [1.54, 1.807) is 18.2 Å². The summed E-state index contributed by atoms with van der Waals surface area (Å²) in [6, 6.07) is 9.28. The number of nitrogens with one attached hydrogen (secondary N) is 1. The molecule has 0 bridgehead atoms. The summed E-state index contributed by atoms with van der Waals surface area (Å²) in [5.41, 5.74) is 0.744. The molecule has 0 radical (unpaired) electrons. The summed E-state index contributed by atoms with van der Waals surface area (Å²) in [6.45, 7) is 0. The lowest BCUT2D eigenvalue weighted by Gasteiger charge is -2.07. The third-order valence-electron chi connectivity index (χ3n) is 2.57. The van der Waals surface area contributed by atoms with Gasteiger partial charge < -0.3 is 10.1 Å². The monoisotopic (exact) mass is 324 g/mol. The van der Waals surface area contributed by atoms with Gasteiger partial charge in [0, 0.05) is 5.69 Å². The number of anilines is 1. The van der Waals surface area contributed by atoms with Crippen molar-refractivity contribution in [1.29, 1.82) is 0 Å². The Kier molecular flexibility index (Phi) is 4.77. The quantitative estimate of drug-likeness (QED) is 0.693. The van der Waals surface area contributed by atoms with E-state index in [1.807, 2.05) is 0 Å². The maximum Gasteiger partial charge on any atom is 0.337 e. The third-order valence-corrected chi connectivity index (χ3v) is 3.08. The molecule has 0 fully saturated rings. The molecule has 1 amide bonds. The smallest absolute Gasteiger partial charge is 0.337 e. The van der Waals surface area contributed by atoms with Gasteiger partial charge in [0.05, 0.1) is 17.7 Å². The molecular formula is C14H10Cl2N2O3. The fourth-order valence-electron chi connectivity index (χ4n) is 1.61. The molecule has 21 heavy (non-hydrogen) atoms. The first kappa shape index (κ1) is 15.3. The van der Waals surface area contributed by atoms with Crippen LogP contribution in [0.5, 0.6) is 0 Å². The number of methoxy groups -OCH3 is 1. The van der Waals surface area contributed by atoms with Crippen molar-refractivity contribution >= 4 is 40.8 Å². The molecule has 108 valence electrons. The molecule has 1 N–H and O–H groups in total. The number of carbonyl (C=O) groups is 2. The second-order valence-corrected chi connectivity index (χ2v) is 4.79. The molecule has 5 nitrogen and oxygen atoms in total. The number of hydrogen-bond donors (Lipinski definition) is 1. The molecule has 1 aromatic carbocycles. The highest BCUT2D eigenvalue weighted by Gasteiger charge is 2.14. The first-order chi connectivity index (χ1) is 10.0. The molecule has 0 spiro atoms. The molecule has 0 saturated heterocycles. The van der Waals surface area contributed by atoms with Crippen LogP contribution < -0.4 is 5.32 Å². The second kappa shape index (κ2) is 6.56. The summed E-state index contributed by atoms with van der Waals surface area (Å²) in [6.07, 6.45) is 0. The van der Waals surface area contributed by atoms with E-state index in [2.05, 4.69) is 15.0 Å². The van der Waals surface area contributed by atoms with Crippen molar-refractivity contribution in [2.45, 2.75) is 0 Å². The van der Waals surface area contributed by atoms with E-state index in [1.165, 1.54) is 25.3 Å². The Morgan fingerprint density at radius 3 is 2.67 bits per heavy atom. The Labute approximate surface area is 130 Å². The second-order valence-electron chi connectivity index (χ2n) is 3.99. The van der Waals surface area contributed by atoms with Crippen LogP contribution in [0.15, 0.2) is 36.4 Å². The van der Waals surface area contributed by atoms with E-state index in [4.69, 9.17) is 23.2 Å². The molecule has 7 heteroatoms. The first-order valence-electron chi connectivity index (χ1n) is 5.83. The minimum atomic E-state index is -0.524. The third kappa shape index (κ3) is 3.71.